The van der Waals surface area contributed by atoms with Crippen LogP contribution in [-0.2, 0) is 20.7 Å². The molecule has 0 amide bonds. The average molecular weight is 440 g/mol. The molecule has 1 heterocycles. The van der Waals surface area contributed by atoms with E-state index in [-0.39, 0.29) is 18.0 Å². The van der Waals surface area contributed by atoms with Crippen molar-refractivity contribution in [3.05, 3.63) is 70.4 Å². The van der Waals surface area contributed by atoms with Gasteiger partial charge in [-0.05, 0) is 43.7 Å². The van der Waals surface area contributed by atoms with E-state index in [1.54, 1.807) is 44.2 Å². The molecule has 0 aliphatic rings. The van der Waals surface area contributed by atoms with Gasteiger partial charge >= 0.3 is 11.9 Å². The van der Waals surface area contributed by atoms with Crippen molar-refractivity contribution in [1.29, 1.82) is 0 Å². The van der Waals surface area contributed by atoms with Gasteiger partial charge in [-0.25, -0.2) is 14.8 Å². The first-order valence-corrected chi connectivity index (χ1v) is 10.0. The lowest BCUT2D eigenvalue weighted by molar-refractivity contribution is -0.142. The van der Waals surface area contributed by atoms with Gasteiger partial charge in [0, 0.05) is 11.3 Å². The molecule has 0 bridgehead atoms. The maximum Gasteiger partial charge on any atom is 0.343 e. The highest BCUT2D eigenvalue weighted by atomic mass is 35.5. The number of rotatable bonds is 7. The molecule has 0 unspecified atom stereocenters. The summed E-state index contributed by atoms with van der Waals surface area (Å²) in [6, 6.07) is 14.4. The Morgan fingerprint density at radius 2 is 1.77 bits per heavy atom. The number of aromatic nitrogens is 2. The summed E-state index contributed by atoms with van der Waals surface area (Å²) in [5.41, 5.74) is 2.83. The molecule has 0 atom stereocenters. The van der Waals surface area contributed by atoms with Gasteiger partial charge in [-0.15, -0.1) is 0 Å². The zero-order valence-corrected chi connectivity index (χ0v) is 18.2. The smallest absolute Gasteiger partial charge is 0.343 e. The second-order valence-electron chi connectivity index (χ2n) is 6.63. The molecule has 0 saturated carbocycles. The number of carbonyl (C=O) groups excluding carboxylic acids is 2. The second kappa shape index (κ2) is 10.0. The number of carbonyl (C=O) groups is 2. The van der Waals surface area contributed by atoms with Crippen LogP contribution in [-0.4, -0.2) is 35.6 Å². The molecule has 8 heteroatoms. The molecule has 0 fully saturated rings. The number of anilines is 2. The maximum absolute atomic E-state index is 12.4. The zero-order valence-electron chi connectivity index (χ0n) is 17.4. The van der Waals surface area contributed by atoms with Gasteiger partial charge in [-0.3, -0.25) is 4.79 Å². The average Bonchev–Trinajstić information content (AvgIpc) is 2.75. The van der Waals surface area contributed by atoms with Gasteiger partial charge in [0.15, 0.2) is 5.82 Å². The molecular formula is C23H22ClN3O4. The standard InChI is InChI=1S/C23H22ClN3O4/c1-4-31-19(28)13-15-9-11-16(12-10-15)26-22-20(23(29)30-3)14(2)25-21(27-22)17-7-5-6-8-18(17)24/h5-12H,4,13H2,1-3H3,(H,25,26,27). The van der Waals surface area contributed by atoms with Gasteiger partial charge in [0.25, 0.3) is 0 Å². The highest BCUT2D eigenvalue weighted by Gasteiger charge is 2.21. The van der Waals surface area contributed by atoms with E-state index in [4.69, 9.17) is 21.1 Å². The molecule has 0 aliphatic carbocycles. The Kier molecular flexibility index (Phi) is 7.20. The van der Waals surface area contributed by atoms with Crippen molar-refractivity contribution in [2.45, 2.75) is 20.3 Å². The van der Waals surface area contributed by atoms with E-state index in [1.807, 2.05) is 18.2 Å². The Balaban J connectivity index is 1.96. The summed E-state index contributed by atoms with van der Waals surface area (Å²) in [7, 11) is 1.30. The second-order valence-corrected chi connectivity index (χ2v) is 7.04. The summed E-state index contributed by atoms with van der Waals surface area (Å²) in [4.78, 5) is 33.0. The van der Waals surface area contributed by atoms with Crippen LogP contribution in [0.25, 0.3) is 11.4 Å². The van der Waals surface area contributed by atoms with Gasteiger partial charge in [0.2, 0.25) is 0 Å². The molecule has 0 saturated heterocycles. The lowest BCUT2D eigenvalue weighted by Gasteiger charge is -2.14. The van der Waals surface area contributed by atoms with Crippen molar-refractivity contribution in [3.8, 4) is 11.4 Å². The Labute approximate surface area is 185 Å². The van der Waals surface area contributed by atoms with Crippen molar-refractivity contribution in [2.75, 3.05) is 19.0 Å². The maximum atomic E-state index is 12.4. The third-order valence-corrected chi connectivity index (χ3v) is 4.79. The Hall–Kier alpha value is -3.45. The van der Waals surface area contributed by atoms with Crippen molar-refractivity contribution >= 4 is 35.0 Å². The molecule has 7 nitrogen and oxygen atoms in total. The van der Waals surface area contributed by atoms with Gasteiger partial charge in [-0.2, -0.15) is 0 Å². The molecular weight excluding hydrogens is 418 g/mol. The number of nitrogens with one attached hydrogen (secondary N) is 1. The van der Waals surface area contributed by atoms with E-state index in [1.165, 1.54) is 7.11 Å². The Morgan fingerprint density at radius 1 is 1.06 bits per heavy atom. The molecule has 3 aromatic rings. The minimum Gasteiger partial charge on any atom is -0.466 e. The number of nitrogens with zero attached hydrogens (tertiary/aromatic N) is 2. The van der Waals surface area contributed by atoms with Crippen LogP contribution in [0.3, 0.4) is 0 Å². The minimum absolute atomic E-state index is 0.185. The molecule has 160 valence electrons. The number of methoxy groups -OCH3 is 1. The molecule has 31 heavy (non-hydrogen) atoms. The summed E-state index contributed by atoms with van der Waals surface area (Å²) in [6.07, 6.45) is 0.185. The normalized spacial score (nSPS) is 10.5. The van der Waals surface area contributed by atoms with Crippen molar-refractivity contribution in [3.63, 3.8) is 0 Å². The summed E-state index contributed by atoms with van der Waals surface area (Å²) in [5.74, 6) is -0.152. The monoisotopic (exact) mass is 439 g/mol. The third-order valence-electron chi connectivity index (χ3n) is 4.46. The highest BCUT2D eigenvalue weighted by Crippen LogP contribution is 2.29. The Morgan fingerprint density at radius 3 is 2.42 bits per heavy atom. The molecule has 0 spiro atoms. The molecule has 1 aromatic heterocycles. The molecule has 3 rings (SSSR count). The van der Waals surface area contributed by atoms with Crippen LogP contribution in [0, 0.1) is 6.92 Å². The van der Waals surface area contributed by atoms with Crippen LogP contribution in [0.2, 0.25) is 5.02 Å². The fourth-order valence-corrected chi connectivity index (χ4v) is 3.21. The SMILES string of the molecule is CCOC(=O)Cc1ccc(Nc2nc(-c3ccccc3Cl)nc(C)c2C(=O)OC)cc1. The first-order valence-electron chi connectivity index (χ1n) is 9.66. The number of esters is 2. The fourth-order valence-electron chi connectivity index (χ4n) is 2.99. The molecule has 1 N–H and O–H groups in total. The zero-order chi connectivity index (χ0) is 22.4. The van der Waals surface area contributed by atoms with E-state index in [0.29, 0.717) is 40.2 Å². The third kappa shape index (κ3) is 5.38. The van der Waals surface area contributed by atoms with Crippen LogP contribution < -0.4 is 5.32 Å². The first-order chi connectivity index (χ1) is 14.9. The highest BCUT2D eigenvalue weighted by molar-refractivity contribution is 6.33. The number of aryl methyl sites for hydroxylation is 1. The molecule has 0 radical (unpaired) electrons. The fraction of sp³-hybridized carbons (Fsp3) is 0.217. The number of hydrogen-bond acceptors (Lipinski definition) is 7. The number of hydrogen-bond donors (Lipinski definition) is 1. The van der Waals surface area contributed by atoms with E-state index in [0.717, 1.165) is 5.56 Å². The van der Waals surface area contributed by atoms with E-state index >= 15 is 0 Å². The van der Waals surface area contributed by atoms with Crippen LogP contribution in [0.4, 0.5) is 11.5 Å². The van der Waals surface area contributed by atoms with E-state index in [2.05, 4.69) is 15.3 Å². The van der Waals surface area contributed by atoms with Crippen molar-refractivity contribution in [2.24, 2.45) is 0 Å². The predicted octanol–water partition coefficient (Wildman–Crippen LogP) is 4.74. The lowest BCUT2D eigenvalue weighted by atomic mass is 10.1. The number of benzene rings is 2. The quantitative estimate of drug-likeness (QED) is 0.531. The lowest BCUT2D eigenvalue weighted by Crippen LogP contribution is -2.12. The molecule has 2 aromatic carbocycles. The van der Waals surface area contributed by atoms with Crippen molar-refractivity contribution in [1.82, 2.24) is 9.97 Å². The van der Waals surface area contributed by atoms with Crippen LogP contribution in [0.15, 0.2) is 48.5 Å². The largest absolute Gasteiger partial charge is 0.466 e. The summed E-state index contributed by atoms with van der Waals surface area (Å²) < 4.78 is 9.88. The van der Waals surface area contributed by atoms with Gasteiger partial charge < -0.3 is 14.8 Å². The van der Waals surface area contributed by atoms with Gasteiger partial charge in [0.05, 0.1) is 30.9 Å². The topological polar surface area (TPSA) is 90.4 Å². The molecule has 0 aliphatic heterocycles. The number of ether oxygens (including phenoxy) is 2. The van der Waals surface area contributed by atoms with Crippen LogP contribution >= 0.6 is 11.6 Å². The van der Waals surface area contributed by atoms with Crippen LogP contribution in [0.1, 0.15) is 28.5 Å². The summed E-state index contributed by atoms with van der Waals surface area (Å²) in [5, 5.41) is 3.65. The number of halogens is 1. The Bertz CT molecular complexity index is 1100. The van der Waals surface area contributed by atoms with Crippen molar-refractivity contribution < 1.29 is 19.1 Å². The first kappa shape index (κ1) is 22.2. The van der Waals surface area contributed by atoms with Gasteiger partial charge in [0.1, 0.15) is 11.4 Å². The van der Waals surface area contributed by atoms with Gasteiger partial charge in [-0.1, -0.05) is 35.9 Å². The van der Waals surface area contributed by atoms with E-state index < -0.39 is 5.97 Å². The minimum atomic E-state index is -0.551. The summed E-state index contributed by atoms with van der Waals surface area (Å²) >= 11 is 6.30. The van der Waals surface area contributed by atoms with Crippen LogP contribution in [0.5, 0.6) is 0 Å². The van der Waals surface area contributed by atoms with E-state index in [9.17, 15) is 9.59 Å². The predicted molar refractivity (Wildman–Crippen MR) is 119 cm³/mol. The summed E-state index contributed by atoms with van der Waals surface area (Å²) in [6.45, 7) is 3.82.